The molecule has 0 fully saturated rings. The van der Waals surface area contributed by atoms with E-state index in [9.17, 15) is 10.2 Å². The molecule has 0 atom stereocenters. The van der Waals surface area contributed by atoms with Gasteiger partial charge in [0, 0.05) is 22.9 Å². The molecular weight excluding hydrogens is 272 g/mol. The number of rotatable bonds is 4. The van der Waals surface area contributed by atoms with Gasteiger partial charge in [0.05, 0.1) is 27.4 Å². The number of aliphatic hydroxyl groups excluding tert-OH is 2. The summed E-state index contributed by atoms with van der Waals surface area (Å²) in [7, 11) is 3.13. The van der Waals surface area contributed by atoms with Gasteiger partial charge < -0.3 is 24.1 Å². The zero-order valence-electron chi connectivity index (χ0n) is 11.8. The molecule has 0 spiro atoms. The molecule has 3 aromatic rings. The Balaban J connectivity index is 2.45. The molecule has 2 N–H and O–H groups in total. The maximum Gasteiger partial charge on any atom is 0.139 e. The Labute approximate surface area is 121 Å². The lowest BCUT2D eigenvalue weighted by Crippen LogP contribution is -1.91. The second kappa shape index (κ2) is 5.27. The number of benzene rings is 2. The zero-order valence-corrected chi connectivity index (χ0v) is 11.8. The van der Waals surface area contributed by atoms with Crippen LogP contribution in [0.3, 0.4) is 0 Å². The molecule has 1 heterocycles. The number of hydrogen-bond donors (Lipinski definition) is 2. The lowest BCUT2D eigenvalue weighted by atomic mass is 10.0. The van der Waals surface area contributed by atoms with Crippen LogP contribution < -0.4 is 9.47 Å². The summed E-state index contributed by atoms with van der Waals surface area (Å²) in [5, 5.41) is 20.8. The quantitative estimate of drug-likeness (QED) is 0.772. The summed E-state index contributed by atoms with van der Waals surface area (Å²) in [6.07, 6.45) is 0. The van der Waals surface area contributed by atoms with Crippen molar-refractivity contribution in [2.75, 3.05) is 14.2 Å². The molecule has 0 aliphatic carbocycles. The first kappa shape index (κ1) is 13.7. The van der Waals surface area contributed by atoms with E-state index in [0.29, 0.717) is 33.8 Å². The average Bonchev–Trinajstić information content (AvgIpc) is 2.90. The minimum absolute atomic E-state index is 0.140. The third-order valence-corrected chi connectivity index (χ3v) is 3.60. The Morgan fingerprint density at radius 2 is 1.24 bits per heavy atom. The first-order valence-corrected chi connectivity index (χ1v) is 6.53. The second-order valence-corrected chi connectivity index (χ2v) is 4.74. The van der Waals surface area contributed by atoms with Gasteiger partial charge in [0.25, 0.3) is 0 Å². The number of methoxy groups -OCH3 is 2. The van der Waals surface area contributed by atoms with E-state index < -0.39 is 0 Å². The minimum atomic E-state index is -0.140. The summed E-state index contributed by atoms with van der Waals surface area (Å²) < 4.78 is 16.3. The summed E-state index contributed by atoms with van der Waals surface area (Å²) in [5.41, 5.74) is 2.61. The van der Waals surface area contributed by atoms with E-state index in [0.717, 1.165) is 10.8 Å². The fourth-order valence-electron chi connectivity index (χ4n) is 2.62. The fraction of sp³-hybridized carbons (Fsp3) is 0.250. The zero-order chi connectivity index (χ0) is 15.0. The maximum absolute atomic E-state index is 9.61. The molecule has 0 aliphatic rings. The Hall–Kier alpha value is -2.24. The molecule has 0 aliphatic heterocycles. The van der Waals surface area contributed by atoms with Crippen molar-refractivity contribution in [1.29, 1.82) is 0 Å². The lowest BCUT2D eigenvalue weighted by Gasteiger charge is -2.06. The lowest BCUT2D eigenvalue weighted by molar-refractivity contribution is 0.281. The summed E-state index contributed by atoms with van der Waals surface area (Å²) in [6, 6.07) is 7.07. The molecule has 0 saturated carbocycles. The first-order valence-electron chi connectivity index (χ1n) is 6.53. The van der Waals surface area contributed by atoms with Gasteiger partial charge in [-0.15, -0.1) is 0 Å². The fourth-order valence-corrected chi connectivity index (χ4v) is 2.62. The van der Waals surface area contributed by atoms with Gasteiger partial charge in [0.2, 0.25) is 0 Å². The van der Waals surface area contributed by atoms with E-state index in [1.165, 1.54) is 0 Å². The molecule has 0 radical (unpaired) electrons. The molecule has 21 heavy (non-hydrogen) atoms. The van der Waals surface area contributed by atoms with Crippen molar-refractivity contribution in [3.63, 3.8) is 0 Å². The highest BCUT2D eigenvalue weighted by molar-refractivity contribution is 6.09. The molecule has 3 rings (SSSR count). The minimum Gasteiger partial charge on any atom is -0.497 e. The molecule has 0 amide bonds. The normalized spacial score (nSPS) is 11.2. The highest BCUT2D eigenvalue weighted by Gasteiger charge is 2.17. The molecular formula is C16H16O5. The van der Waals surface area contributed by atoms with Crippen molar-refractivity contribution >= 4 is 21.9 Å². The number of fused-ring (bicyclic) bond motifs is 3. The van der Waals surface area contributed by atoms with Crippen LogP contribution in [-0.4, -0.2) is 24.4 Å². The van der Waals surface area contributed by atoms with Crippen LogP contribution in [-0.2, 0) is 13.2 Å². The van der Waals surface area contributed by atoms with Crippen molar-refractivity contribution in [1.82, 2.24) is 0 Å². The Morgan fingerprint density at radius 3 is 1.57 bits per heavy atom. The molecule has 2 aromatic carbocycles. The third-order valence-electron chi connectivity index (χ3n) is 3.60. The highest BCUT2D eigenvalue weighted by Crippen LogP contribution is 2.38. The number of aliphatic hydroxyl groups is 2. The van der Waals surface area contributed by atoms with Gasteiger partial charge >= 0.3 is 0 Å². The van der Waals surface area contributed by atoms with Crippen molar-refractivity contribution in [2.24, 2.45) is 0 Å². The molecule has 1 aromatic heterocycles. The summed E-state index contributed by atoms with van der Waals surface area (Å²) in [4.78, 5) is 0. The van der Waals surface area contributed by atoms with Gasteiger partial charge in [-0.1, -0.05) is 0 Å². The predicted octanol–water partition coefficient (Wildman–Crippen LogP) is 2.59. The summed E-state index contributed by atoms with van der Waals surface area (Å²) in [6.45, 7) is -0.279. The molecule has 0 bridgehead atoms. The van der Waals surface area contributed by atoms with Crippen molar-refractivity contribution in [3.05, 3.63) is 35.4 Å². The Bertz CT molecular complexity index is 737. The molecule has 0 saturated heterocycles. The maximum atomic E-state index is 9.61. The van der Waals surface area contributed by atoms with E-state index >= 15 is 0 Å². The van der Waals surface area contributed by atoms with Crippen LogP contribution in [0.2, 0.25) is 0 Å². The van der Waals surface area contributed by atoms with Gasteiger partial charge in [0.15, 0.2) is 0 Å². The molecule has 110 valence electrons. The highest BCUT2D eigenvalue weighted by atomic mass is 16.5. The van der Waals surface area contributed by atoms with Crippen LogP contribution >= 0.6 is 0 Å². The average molecular weight is 288 g/mol. The Kier molecular flexibility index (Phi) is 3.45. The van der Waals surface area contributed by atoms with E-state index in [1.807, 2.05) is 0 Å². The summed E-state index contributed by atoms with van der Waals surface area (Å²) >= 11 is 0. The van der Waals surface area contributed by atoms with Crippen LogP contribution in [0, 0.1) is 0 Å². The van der Waals surface area contributed by atoms with Gasteiger partial charge in [-0.25, -0.2) is 0 Å². The van der Waals surface area contributed by atoms with Crippen LogP contribution in [0.5, 0.6) is 11.5 Å². The predicted molar refractivity (Wildman–Crippen MR) is 78.7 cm³/mol. The SMILES string of the molecule is COc1cc(CO)c2c(c1)oc1cc(OC)cc(CO)c12. The monoisotopic (exact) mass is 288 g/mol. The van der Waals surface area contributed by atoms with Crippen molar-refractivity contribution in [2.45, 2.75) is 13.2 Å². The van der Waals surface area contributed by atoms with Gasteiger partial charge in [-0.05, 0) is 23.3 Å². The van der Waals surface area contributed by atoms with E-state index in [2.05, 4.69) is 0 Å². The molecule has 0 unspecified atom stereocenters. The van der Waals surface area contributed by atoms with Crippen LogP contribution in [0.4, 0.5) is 0 Å². The van der Waals surface area contributed by atoms with Crippen LogP contribution in [0.1, 0.15) is 11.1 Å². The van der Waals surface area contributed by atoms with E-state index in [4.69, 9.17) is 13.9 Å². The number of ether oxygens (including phenoxy) is 2. The third kappa shape index (κ3) is 2.11. The summed E-state index contributed by atoms with van der Waals surface area (Å²) in [5.74, 6) is 1.23. The standard InChI is InChI=1S/C16H16O5/c1-19-11-3-9(7-17)15-13(5-11)21-14-6-12(20-2)4-10(8-18)16(14)15/h3-6,17-18H,7-8H2,1-2H3. The van der Waals surface area contributed by atoms with E-state index in [-0.39, 0.29) is 13.2 Å². The van der Waals surface area contributed by atoms with E-state index in [1.54, 1.807) is 38.5 Å². The smallest absolute Gasteiger partial charge is 0.139 e. The first-order chi connectivity index (χ1) is 10.2. The molecule has 5 heteroatoms. The van der Waals surface area contributed by atoms with Crippen molar-refractivity contribution in [3.8, 4) is 11.5 Å². The van der Waals surface area contributed by atoms with Crippen molar-refractivity contribution < 1.29 is 24.1 Å². The van der Waals surface area contributed by atoms with Crippen LogP contribution in [0.25, 0.3) is 21.9 Å². The second-order valence-electron chi connectivity index (χ2n) is 4.74. The number of furan rings is 1. The van der Waals surface area contributed by atoms with Gasteiger partial charge in [-0.2, -0.15) is 0 Å². The van der Waals surface area contributed by atoms with Crippen LogP contribution in [0.15, 0.2) is 28.7 Å². The topological polar surface area (TPSA) is 72.1 Å². The number of hydrogen-bond acceptors (Lipinski definition) is 5. The van der Waals surface area contributed by atoms with Gasteiger partial charge in [-0.3, -0.25) is 0 Å². The van der Waals surface area contributed by atoms with Gasteiger partial charge in [0.1, 0.15) is 22.7 Å². The molecule has 5 nitrogen and oxygen atoms in total. The Morgan fingerprint density at radius 1 is 0.810 bits per heavy atom. The largest absolute Gasteiger partial charge is 0.497 e.